The molecular weight excluding hydrogens is 559 g/mol. The molecule has 1 heterocycles. The average Bonchev–Trinajstić information content (AvgIpc) is 3.38. The number of aliphatic carboxylic acids is 1. The van der Waals surface area contributed by atoms with Crippen molar-refractivity contribution in [1.29, 1.82) is 0 Å². The molecule has 3 aromatic rings. The van der Waals surface area contributed by atoms with Crippen molar-refractivity contribution in [1.82, 2.24) is 9.62 Å². The van der Waals surface area contributed by atoms with Crippen molar-refractivity contribution in [2.24, 2.45) is 5.92 Å². The second kappa shape index (κ2) is 12.7. The van der Waals surface area contributed by atoms with Crippen LogP contribution in [-0.2, 0) is 26.0 Å². The molecule has 1 saturated heterocycles. The van der Waals surface area contributed by atoms with Gasteiger partial charge in [-0.3, -0.25) is 9.59 Å². The maximum atomic E-state index is 13.4. The molecule has 3 aromatic carbocycles. The summed E-state index contributed by atoms with van der Waals surface area (Å²) >= 11 is 0. The Morgan fingerprint density at radius 2 is 1.48 bits per heavy atom. The van der Waals surface area contributed by atoms with Crippen LogP contribution in [-0.4, -0.2) is 54.1 Å². The van der Waals surface area contributed by atoms with Crippen molar-refractivity contribution < 1.29 is 32.6 Å². The summed E-state index contributed by atoms with van der Waals surface area (Å²) in [6, 6.07) is 19.6. The van der Waals surface area contributed by atoms with Crippen LogP contribution in [0, 0.1) is 11.7 Å². The van der Waals surface area contributed by atoms with E-state index in [0.717, 1.165) is 22.3 Å². The van der Waals surface area contributed by atoms with Crippen molar-refractivity contribution in [2.75, 3.05) is 6.54 Å². The van der Waals surface area contributed by atoms with E-state index in [1.807, 2.05) is 24.3 Å². The van der Waals surface area contributed by atoms with Gasteiger partial charge < -0.3 is 15.1 Å². The second-order valence-electron chi connectivity index (χ2n) is 11.2. The number of nitrogens with zero attached hydrogens (tertiary/aromatic N) is 1. The highest BCUT2D eigenvalue weighted by Crippen LogP contribution is 2.36. The molecule has 2 unspecified atom stereocenters. The molecule has 0 spiro atoms. The zero-order chi connectivity index (χ0) is 29.9. The van der Waals surface area contributed by atoms with E-state index in [2.05, 4.69) is 4.72 Å². The van der Waals surface area contributed by atoms with Gasteiger partial charge in [0.05, 0.1) is 17.0 Å². The van der Waals surface area contributed by atoms with Crippen LogP contribution in [0.2, 0.25) is 0 Å². The average molecular weight is 595 g/mol. The number of carbonyl (C=O) groups is 2. The minimum absolute atomic E-state index is 0.0484. The van der Waals surface area contributed by atoms with Gasteiger partial charge in [0, 0.05) is 24.9 Å². The minimum atomic E-state index is -3.75. The molecule has 5 rings (SSSR count). The highest BCUT2D eigenvalue weighted by molar-refractivity contribution is 7.89. The minimum Gasteiger partial charge on any atom is -0.481 e. The number of halogens is 1. The number of benzene rings is 3. The maximum Gasteiger partial charge on any atom is 0.303 e. The van der Waals surface area contributed by atoms with Crippen molar-refractivity contribution >= 4 is 21.9 Å². The normalized spacial score (nSPS) is 22.7. The summed E-state index contributed by atoms with van der Waals surface area (Å²) in [6.07, 6.45) is 2.42. The third kappa shape index (κ3) is 7.06. The lowest BCUT2D eigenvalue weighted by atomic mass is 9.85. The van der Waals surface area contributed by atoms with E-state index in [9.17, 15) is 27.5 Å². The van der Waals surface area contributed by atoms with Crippen LogP contribution in [0.15, 0.2) is 77.7 Å². The molecule has 0 aromatic heterocycles. The maximum absolute atomic E-state index is 13.4. The largest absolute Gasteiger partial charge is 0.481 e. The number of hydrogen-bond donors (Lipinski definition) is 3. The Balaban J connectivity index is 1.16. The Morgan fingerprint density at radius 3 is 2.07 bits per heavy atom. The third-order valence-electron chi connectivity index (χ3n) is 8.29. The molecular formula is C32H35FN2O6S. The molecule has 1 amide bonds. The lowest BCUT2D eigenvalue weighted by molar-refractivity contribution is -0.138. The molecule has 8 nitrogen and oxygen atoms in total. The molecule has 3 N–H and O–H groups in total. The van der Waals surface area contributed by atoms with Crippen molar-refractivity contribution in [3.63, 3.8) is 0 Å². The molecule has 10 heteroatoms. The predicted molar refractivity (Wildman–Crippen MR) is 155 cm³/mol. The number of rotatable bonds is 9. The van der Waals surface area contributed by atoms with Crippen LogP contribution in [0.4, 0.5) is 4.39 Å². The van der Waals surface area contributed by atoms with Gasteiger partial charge in [0.15, 0.2) is 0 Å². The van der Waals surface area contributed by atoms with Crippen molar-refractivity contribution in [3.05, 3.63) is 89.7 Å². The monoisotopic (exact) mass is 594 g/mol. The highest BCUT2D eigenvalue weighted by Gasteiger charge is 2.39. The highest BCUT2D eigenvalue weighted by atomic mass is 32.2. The molecule has 1 saturated carbocycles. The summed E-state index contributed by atoms with van der Waals surface area (Å²) < 4.78 is 42.4. The van der Waals surface area contributed by atoms with Crippen molar-refractivity contribution in [2.45, 2.75) is 68.0 Å². The zero-order valence-corrected chi connectivity index (χ0v) is 24.0. The summed E-state index contributed by atoms with van der Waals surface area (Å²) in [7, 11) is -3.75. The fraction of sp³-hybridized carbons (Fsp3) is 0.375. The van der Waals surface area contributed by atoms with Gasteiger partial charge in [0.1, 0.15) is 5.82 Å². The Morgan fingerprint density at radius 1 is 0.881 bits per heavy atom. The van der Waals surface area contributed by atoms with Gasteiger partial charge in [-0.1, -0.05) is 48.5 Å². The summed E-state index contributed by atoms with van der Waals surface area (Å²) in [5.41, 5.74) is 3.47. The van der Waals surface area contributed by atoms with Crippen LogP contribution >= 0.6 is 0 Å². The summed E-state index contributed by atoms with van der Waals surface area (Å²) in [4.78, 5) is 26.0. The number of likely N-dealkylation sites (tertiary alicyclic amines) is 1. The van der Waals surface area contributed by atoms with Crippen molar-refractivity contribution in [3.8, 4) is 11.1 Å². The second-order valence-corrected chi connectivity index (χ2v) is 12.9. The molecule has 1 aliphatic carbocycles. The first-order chi connectivity index (χ1) is 20.1. The predicted octanol–water partition coefficient (Wildman–Crippen LogP) is 4.68. The van der Waals surface area contributed by atoms with E-state index in [4.69, 9.17) is 5.11 Å². The van der Waals surface area contributed by atoms with E-state index in [1.165, 1.54) is 12.1 Å². The van der Waals surface area contributed by atoms with Gasteiger partial charge in [0.2, 0.25) is 15.9 Å². The number of hydrogen-bond acceptors (Lipinski definition) is 5. The molecule has 1 aliphatic heterocycles. The summed E-state index contributed by atoms with van der Waals surface area (Å²) in [6.45, 7) is 0.234. The zero-order valence-electron chi connectivity index (χ0n) is 23.2. The van der Waals surface area contributed by atoms with Gasteiger partial charge in [-0.25, -0.2) is 17.5 Å². The van der Waals surface area contributed by atoms with Gasteiger partial charge in [-0.05, 0) is 85.0 Å². The third-order valence-corrected chi connectivity index (χ3v) is 9.83. The lowest BCUT2D eigenvalue weighted by Gasteiger charge is -2.33. The van der Waals surface area contributed by atoms with Crippen LogP contribution in [0.1, 0.15) is 55.7 Å². The molecule has 42 heavy (non-hydrogen) atoms. The standard InChI is InChI=1S/C32H35FN2O6S/c33-26-12-6-24(7-13-26)30-19-28(36)20-35(30)32(39)25-8-14-27(15-9-25)34-42(40,41)29-16-10-23(11-17-29)22-4-1-21(2-5-22)3-18-31(37)38/h1-2,4-7,10-13,16-17,25,27-28,30,34,36H,3,8-9,14-15,18-20H2,(H,37,38). The molecule has 222 valence electrons. The number of aliphatic hydroxyl groups excluding tert-OH is 1. The molecule has 2 fully saturated rings. The number of carbonyl (C=O) groups excluding carboxylic acids is 1. The van der Waals surface area contributed by atoms with E-state index < -0.39 is 22.1 Å². The Labute approximate surface area is 245 Å². The smallest absolute Gasteiger partial charge is 0.303 e. The number of sulfonamides is 1. The number of carboxylic acids is 1. The lowest BCUT2D eigenvalue weighted by Crippen LogP contribution is -2.42. The first kappa shape index (κ1) is 29.9. The number of carboxylic acid groups (broad SMARTS) is 1. The van der Waals surface area contributed by atoms with Gasteiger partial charge in [-0.15, -0.1) is 0 Å². The number of β-amino-alcohol motifs (C(OH)–C–C–N with tert-alkyl or cyclic N) is 1. The Bertz CT molecular complexity index is 1500. The van der Waals surface area contributed by atoms with Gasteiger partial charge in [0.25, 0.3) is 0 Å². The first-order valence-corrected chi connectivity index (χ1v) is 15.7. The number of nitrogens with one attached hydrogen (secondary N) is 1. The number of amides is 1. The van der Waals surface area contributed by atoms with Gasteiger partial charge in [-0.2, -0.15) is 0 Å². The first-order valence-electron chi connectivity index (χ1n) is 14.3. The summed E-state index contributed by atoms with van der Waals surface area (Å²) in [5.74, 6) is -1.50. The molecule has 0 bridgehead atoms. The fourth-order valence-corrected chi connectivity index (χ4v) is 7.29. The van der Waals surface area contributed by atoms with E-state index in [-0.39, 0.29) is 47.6 Å². The van der Waals surface area contributed by atoms with Crippen LogP contribution in [0.5, 0.6) is 0 Å². The molecule has 2 aliphatic rings. The fourth-order valence-electron chi connectivity index (χ4n) is 5.98. The van der Waals surface area contributed by atoms with E-state index in [0.29, 0.717) is 38.5 Å². The topological polar surface area (TPSA) is 124 Å². The SMILES string of the molecule is O=C(O)CCc1ccc(-c2ccc(S(=O)(=O)NC3CCC(C(=O)N4CC(O)CC4c4ccc(F)cc4)CC3)cc2)cc1. The molecule has 0 radical (unpaired) electrons. The number of aliphatic hydroxyl groups is 1. The summed E-state index contributed by atoms with van der Waals surface area (Å²) in [5, 5.41) is 19.1. The van der Waals surface area contributed by atoms with Crippen LogP contribution in [0.3, 0.4) is 0 Å². The van der Waals surface area contributed by atoms with E-state index >= 15 is 0 Å². The van der Waals surface area contributed by atoms with Crippen LogP contribution < -0.4 is 4.72 Å². The quantitative estimate of drug-likeness (QED) is 0.331. The van der Waals surface area contributed by atoms with E-state index in [1.54, 1.807) is 41.3 Å². The van der Waals surface area contributed by atoms with Gasteiger partial charge >= 0.3 is 5.97 Å². The van der Waals surface area contributed by atoms with Crippen LogP contribution in [0.25, 0.3) is 11.1 Å². The Hall–Kier alpha value is -3.60. The Kier molecular flexibility index (Phi) is 9.05. The number of aryl methyl sites for hydroxylation is 1. The molecule has 2 atom stereocenters.